The molecule has 2 amide bonds. The number of hydrogen-bond acceptors (Lipinski definition) is 3. The monoisotopic (exact) mass is 320 g/mol. The van der Waals surface area contributed by atoms with E-state index < -0.39 is 0 Å². The molecule has 0 atom stereocenters. The predicted octanol–water partition coefficient (Wildman–Crippen LogP) is 2.05. The Bertz CT molecular complexity index is 904. The normalized spacial score (nSPS) is 15.1. The number of imidazole rings is 1. The number of aromatic amines is 1. The van der Waals surface area contributed by atoms with Crippen molar-refractivity contribution >= 4 is 28.5 Å². The lowest BCUT2D eigenvalue weighted by atomic mass is 10.1. The van der Waals surface area contributed by atoms with Gasteiger partial charge in [0.05, 0.1) is 17.4 Å². The fraction of sp³-hybridized carbons (Fsp3) is 0.167. The summed E-state index contributed by atoms with van der Waals surface area (Å²) in [7, 11) is 0. The number of nitrogens with zero attached hydrogens (tertiary/aromatic N) is 3. The highest BCUT2D eigenvalue weighted by atomic mass is 16.2. The number of rotatable bonds is 2. The average Bonchev–Trinajstić information content (AvgIpc) is 3.09. The van der Waals surface area contributed by atoms with Crippen LogP contribution in [-0.2, 0) is 4.79 Å². The molecule has 3 aromatic rings. The summed E-state index contributed by atoms with van der Waals surface area (Å²) in [5.41, 5.74) is 3.06. The van der Waals surface area contributed by atoms with Crippen LogP contribution >= 0.6 is 0 Å². The zero-order valence-corrected chi connectivity index (χ0v) is 13.0. The SMILES string of the molecule is O=C(c1ccc2nc[nH]c2c1)N1CCN(c2ccccc2)C(=O)C1. The molecule has 2 heterocycles. The number of carbonyl (C=O) groups is 2. The first-order valence-electron chi connectivity index (χ1n) is 7.80. The first kappa shape index (κ1) is 14.4. The Morgan fingerprint density at radius 2 is 1.92 bits per heavy atom. The lowest BCUT2D eigenvalue weighted by Crippen LogP contribution is -2.52. The number of piperazine rings is 1. The Hall–Kier alpha value is -3.15. The Balaban J connectivity index is 1.52. The highest BCUT2D eigenvalue weighted by Crippen LogP contribution is 2.19. The van der Waals surface area contributed by atoms with Gasteiger partial charge in [-0.2, -0.15) is 0 Å². The molecule has 1 saturated heterocycles. The van der Waals surface area contributed by atoms with Gasteiger partial charge in [0.25, 0.3) is 5.91 Å². The predicted molar refractivity (Wildman–Crippen MR) is 90.8 cm³/mol. The number of carbonyl (C=O) groups excluding carboxylic acids is 2. The van der Waals surface area contributed by atoms with Gasteiger partial charge in [0.2, 0.25) is 5.91 Å². The molecule has 6 nitrogen and oxygen atoms in total. The van der Waals surface area contributed by atoms with Gasteiger partial charge in [0.15, 0.2) is 0 Å². The maximum Gasteiger partial charge on any atom is 0.254 e. The van der Waals surface area contributed by atoms with Crippen molar-refractivity contribution in [3.8, 4) is 0 Å². The van der Waals surface area contributed by atoms with Crippen molar-refractivity contribution in [2.75, 3.05) is 24.5 Å². The van der Waals surface area contributed by atoms with Crippen molar-refractivity contribution in [3.05, 3.63) is 60.4 Å². The standard InChI is InChI=1S/C18H16N4O2/c23-17-11-21(8-9-22(17)14-4-2-1-3-5-14)18(24)13-6-7-15-16(10-13)20-12-19-15/h1-7,10,12H,8-9,11H2,(H,19,20). The van der Waals surface area contributed by atoms with Crippen LogP contribution in [0.5, 0.6) is 0 Å². The van der Waals surface area contributed by atoms with Gasteiger partial charge in [-0.15, -0.1) is 0 Å². The molecule has 24 heavy (non-hydrogen) atoms. The van der Waals surface area contributed by atoms with Crippen LogP contribution in [0.1, 0.15) is 10.4 Å². The van der Waals surface area contributed by atoms with Crippen LogP contribution in [0.3, 0.4) is 0 Å². The quantitative estimate of drug-likeness (QED) is 0.786. The molecule has 1 aromatic heterocycles. The smallest absolute Gasteiger partial charge is 0.254 e. The van der Waals surface area contributed by atoms with Crippen molar-refractivity contribution < 1.29 is 9.59 Å². The third-order valence-electron chi connectivity index (χ3n) is 4.24. The average molecular weight is 320 g/mol. The molecular formula is C18H16N4O2. The zero-order chi connectivity index (χ0) is 16.5. The van der Waals surface area contributed by atoms with E-state index in [0.29, 0.717) is 18.7 Å². The number of benzene rings is 2. The summed E-state index contributed by atoms with van der Waals surface area (Å²) in [6.07, 6.45) is 1.60. The number of amides is 2. The van der Waals surface area contributed by atoms with Gasteiger partial charge in [-0.05, 0) is 30.3 Å². The summed E-state index contributed by atoms with van der Waals surface area (Å²) in [6.45, 7) is 1.11. The minimum atomic E-state index is -0.132. The van der Waals surface area contributed by atoms with Crippen LogP contribution in [0.4, 0.5) is 5.69 Å². The van der Waals surface area contributed by atoms with Crippen molar-refractivity contribution in [2.24, 2.45) is 0 Å². The second-order valence-electron chi connectivity index (χ2n) is 5.74. The highest BCUT2D eigenvalue weighted by Gasteiger charge is 2.28. The number of nitrogens with one attached hydrogen (secondary N) is 1. The Labute approximate surface area is 138 Å². The van der Waals surface area contributed by atoms with Crippen LogP contribution in [0.2, 0.25) is 0 Å². The van der Waals surface area contributed by atoms with Gasteiger partial charge in [-0.25, -0.2) is 4.98 Å². The van der Waals surface area contributed by atoms with Crippen LogP contribution in [0.25, 0.3) is 11.0 Å². The van der Waals surface area contributed by atoms with E-state index in [0.717, 1.165) is 16.7 Å². The minimum absolute atomic E-state index is 0.0663. The van der Waals surface area contributed by atoms with Crippen molar-refractivity contribution in [3.63, 3.8) is 0 Å². The minimum Gasteiger partial charge on any atom is -0.345 e. The van der Waals surface area contributed by atoms with E-state index in [1.165, 1.54) is 0 Å². The molecule has 0 radical (unpaired) electrons. The number of fused-ring (bicyclic) bond motifs is 1. The van der Waals surface area contributed by atoms with E-state index in [1.807, 2.05) is 30.3 Å². The summed E-state index contributed by atoms with van der Waals surface area (Å²) in [4.78, 5) is 35.6. The summed E-state index contributed by atoms with van der Waals surface area (Å²) in [6, 6.07) is 14.9. The summed E-state index contributed by atoms with van der Waals surface area (Å²) < 4.78 is 0. The maximum atomic E-state index is 12.7. The van der Waals surface area contributed by atoms with E-state index in [1.54, 1.807) is 34.3 Å². The molecule has 1 N–H and O–H groups in total. The summed E-state index contributed by atoms with van der Waals surface area (Å²) in [5.74, 6) is -0.198. The molecule has 0 aliphatic carbocycles. The second-order valence-corrected chi connectivity index (χ2v) is 5.74. The number of anilines is 1. The van der Waals surface area contributed by atoms with Gasteiger partial charge in [0.1, 0.15) is 6.54 Å². The fourth-order valence-electron chi connectivity index (χ4n) is 2.98. The first-order chi connectivity index (χ1) is 11.7. The van der Waals surface area contributed by atoms with Crippen LogP contribution in [0, 0.1) is 0 Å². The van der Waals surface area contributed by atoms with E-state index in [2.05, 4.69) is 9.97 Å². The summed E-state index contributed by atoms with van der Waals surface area (Å²) in [5, 5.41) is 0. The van der Waals surface area contributed by atoms with Crippen LogP contribution in [-0.4, -0.2) is 46.3 Å². The molecule has 1 fully saturated rings. The lowest BCUT2D eigenvalue weighted by Gasteiger charge is -2.34. The zero-order valence-electron chi connectivity index (χ0n) is 13.0. The van der Waals surface area contributed by atoms with Crippen LogP contribution in [0.15, 0.2) is 54.9 Å². The third-order valence-corrected chi connectivity index (χ3v) is 4.24. The van der Waals surface area contributed by atoms with E-state index >= 15 is 0 Å². The Kier molecular flexibility index (Phi) is 3.49. The van der Waals surface area contributed by atoms with Crippen LogP contribution < -0.4 is 4.90 Å². The molecule has 120 valence electrons. The molecule has 0 bridgehead atoms. The van der Waals surface area contributed by atoms with Gasteiger partial charge < -0.3 is 14.8 Å². The van der Waals surface area contributed by atoms with Crippen molar-refractivity contribution in [1.82, 2.24) is 14.9 Å². The van der Waals surface area contributed by atoms with Gasteiger partial charge >= 0.3 is 0 Å². The first-order valence-corrected chi connectivity index (χ1v) is 7.80. The van der Waals surface area contributed by atoms with Crippen molar-refractivity contribution in [2.45, 2.75) is 0 Å². The molecule has 2 aromatic carbocycles. The Morgan fingerprint density at radius 3 is 2.71 bits per heavy atom. The lowest BCUT2D eigenvalue weighted by molar-refractivity contribution is -0.120. The van der Waals surface area contributed by atoms with Gasteiger partial charge in [-0.3, -0.25) is 9.59 Å². The maximum absolute atomic E-state index is 12.7. The topological polar surface area (TPSA) is 69.3 Å². The second kappa shape index (κ2) is 5.81. The van der Waals surface area contributed by atoms with E-state index in [9.17, 15) is 9.59 Å². The van der Waals surface area contributed by atoms with Gasteiger partial charge in [0, 0.05) is 24.3 Å². The third kappa shape index (κ3) is 2.52. The number of aromatic nitrogens is 2. The molecule has 1 aliphatic heterocycles. The molecule has 0 unspecified atom stereocenters. The number of hydrogen-bond donors (Lipinski definition) is 1. The number of para-hydroxylation sites is 1. The van der Waals surface area contributed by atoms with E-state index in [-0.39, 0.29) is 18.4 Å². The number of H-pyrrole nitrogens is 1. The molecule has 0 spiro atoms. The molecular weight excluding hydrogens is 304 g/mol. The molecule has 1 aliphatic rings. The molecule has 0 saturated carbocycles. The summed E-state index contributed by atoms with van der Waals surface area (Å²) >= 11 is 0. The van der Waals surface area contributed by atoms with Crippen molar-refractivity contribution in [1.29, 1.82) is 0 Å². The van der Waals surface area contributed by atoms with E-state index in [4.69, 9.17) is 0 Å². The van der Waals surface area contributed by atoms with Gasteiger partial charge in [-0.1, -0.05) is 18.2 Å². The highest BCUT2D eigenvalue weighted by molar-refractivity contribution is 6.02. The molecule has 6 heteroatoms. The largest absolute Gasteiger partial charge is 0.345 e. The molecule has 4 rings (SSSR count). The fourth-order valence-corrected chi connectivity index (χ4v) is 2.98. The Morgan fingerprint density at radius 1 is 1.08 bits per heavy atom.